The first-order valence-electron chi connectivity index (χ1n) is 9.82. The van der Waals surface area contributed by atoms with Crippen molar-refractivity contribution < 1.29 is 59.5 Å². The molecule has 1 fully saturated rings. The van der Waals surface area contributed by atoms with Crippen LogP contribution in [0.1, 0.15) is 32.1 Å². The summed E-state index contributed by atoms with van der Waals surface area (Å²) in [6.07, 6.45) is 6.93. The zero-order valence-electron chi connectivity index (χ0n) is 17.2. The summed E-state index contributed by atoms with van der Waals surface area (Å²) in [5.74, 6) is -0.947. The number of ether oxygens (including phenoxy) is 1. The van der Waals surface area contributed by atoms with E-state index >= 15 is 0 Å². The minimum Gasteiger partial charge on any atom is -0.550 e. The number of halogens is 1. The van der Waals surface area contributed by atoms with Gasteiger partial charge in [-0.05, 0) is 49.8 Å². The Labute approximate surface area is 204 Å². The number of carboxylic acid groups (broad SMARTS) is 1. The third kappa shape index (κ3) is 9.52. The normalized spacial score (nSPS) is 24.8. The predicted molar refractivity (Wildman–Crippen MR) is 108 cm³/mol. The van der Waals surface area contributed by atoms with Crippen molar-refractivity contribution in [1.29, 1.82) is 0 Å². The van der Waals surface area contributed by atoms with E-state index in [-0.39, 0.29) is 60.8 Å². The fourth-order valence-electron chi connectivity index (χ4n) is 3.49. The van der Waals surface area contributed by atoms with Gasteiger partial charge in [-0.25, -0.2) is 0 Å². The van der Waals surface area contributed by atoms with Crippen molar-refractivity contribution >= 4 is 17.6 Å². The van der Waals surface area contributed by atoms with Gasteiger partial charge in [-0.15, -0.1) is 0 Å². The first kappa shape index (κ1) is 27.2. The third-order valence-corrected chi connectivity index (χ3v) is 5.25. The Morgan fingerprint density at radius 2 is 2.07 bits per heavy atom. The van der Waals surface area contributed by atoms with E-state index in [0.717, 1.165) is 0 Å². The van der Waals surface area contributed by atoms with Gasteiger partial charge in [0.25, 0.3) is 0 Å². The van der Waals surface area contributed by atoms with Crippen molar-refractivity contribution in [1.82, 2.24) is 0 Å². The predicted octanol–water partition coefficient (Wildman–Crippen LogP) is -1.14. The van der Waals surface area contributed by atoms with Gasteiger partial charge >= 0.3 is 29.6 Å². The summed E-state index contributed by atoms with van der Waals surface area (Å²) in [6, 6.07) is 6.89. The van der Waals surface area contributed by atoms with Crippen molar-refractivity contribution in [2.75, 3.05) is 6.61 Å². The second kappa shape index (κ2) is 14.2. The molecular weight excluding hydrogens is 419 g/mol. The van der Waals surface area contributed by atoms with Crippen LogP contribution in [0.25, 0.3) is 0 Å². The molecule has 1 aromatic rings. The van der Waals surface area contributed by atoms with Crippen LogP contribution in [0.3, 0.4) is 0 Å². The number of carbonyl (C=O) groups is 1. The molecular formula is C22H28ClNaO6. The SMILES string of the molecule is O=C([O-])CCCC=CC[C@@H]1[C@@H](/C=C/C(O)COc2cccc(Cl)c2)[C@H](O)C[C@@H]1O.[Na+]. The number of allylic oxidation sites excluding steroid dienone is 2. The van der Waals surface area contributed by atoms with Crippen LogP contribution in [0.4, 0.5) is 0 Å². The van der Waals surface area contributed by atoms with E-state index in [1.54, 1.807) is 36.4 Å². The number of hydrogen-bond donors (Lipinski definition) is 3. The largest absolute Gasteiger partial charge is 1.00 e. The maximum atomic E-state index is 10.4. The van der Waals surface area contributed by atoms with Gasteiger partial charge in [0.05, 0.1) is 12.2 Å². The second-order valence-electron chi connectivity index (χ2n) is 7.30. The quantitative estimate of drug-likeness (QED) is 0.225. The van der Waals surface area contributed by atoms with E-state index in [0.29, 0.717) is 30.0 Å². The van der Waals surface area contributed by atoms with Gasteiger partial charge in [0.1, 0.15) is 18.5 Å². The number of unbranched alkanes of at least 4 members (excludes halogenated alkanes) is 1. The van der Waals surface area contributed by atoms with E-state index in [9.17, 15) is 25.2 Å². The molecule has 30 heavy (non-hydrogen) atoms. The summed E-state index contributed by atoms with van der Waals surface area (Å²) in [5, 5.41) is 41.6. The Kier molecular flexibility index (Phi) is 12.9. The van der Waals surface area contributed by atoms with Crippen LogP contribution in [-0.4, -0.2) is 46.2 Å². The van der Waals surface area contributed by atoms with Crippen LogP contribution in [0.2, 0.25) is 5.02 Å². The number of aliphatic carboxylic acids is 1. The standard InChI is InChI=1S/C22H29ClO6.Na/c23-15-6-5-7-17(12-15)29-14-16(24)10-11-19-18(20(25)13-21(19)26)8-3-1-2-4-9-22(27)28;/h1,3,5-7,10-12,16,18-21,24-26H,2,4,8-9,13-14H2,(H,27,28);/q;+1/p-1/b3-1?,11-10+;/t16?,18-,19-,20+,21-;/m1./s1. The van der Waals surface area contributed by atoms with Crippen LogP contribution in [0.15, 0.2) is 48.6 Å². The topological polar surface area (TPSA) is 110 Å². The molecule has 1 aliphatic rings. The average Bonchev–Trinajstić information content (AvgIpc) is 2.93. The molecule has 160 valence electrons. The average molecular weight is 447 g/mol. The summed E-state index contributed by atoms with van der Waals surface area (Å²) < 4.78 is 5.50. The molecule has 1 aromatic carbocycles. The van der Waals surface area contributed by atoms with Crippen molar-refractivity contribution in [3.8, 4) is 5.75 Å². The van der Waals surface area contributed by atoms with Crippen molar-refractivity contribution in [2.45, 2.75) is 50.4 Å². The van der Waals surface area contributed by atoms with Crippen molar-refractivity contribution in [2.24, 2.45) is 11.8 Å². The van der Waals surface area contributed by atoms with Crippen molar-refractivity contribution in [3.05, 3.63) is 53.6 Å². The van der Waals surface area contributed by atoms with Gasteiger partial charge in [-0.3, -0.25) is 0 Å². The number of rotatable bonds is 11. The molecule has 0 heterocycles. The Balaban J connectivity index is 0.00000450. The van der Waals surface area contributed by atoms with Gasteiger partial charge in [0.15, 0.2) is 0 Å². The van der Waals surface area contributed by atoms with E-state index in [1.807, 2.05) is 12.2 Å². The maximum Gasteiger partial charge on any atom is 1.00 e. The molecule has 0 aromatic heterocycles. The molecule has 1 saturated carbocycles. The van der Waals surface area contributed by atoms with Crippen molar-refractivity contribution in [3.63, 3.8) is 0 Å². The zero-order chi connectivity index (χ0) is 21.2. The van der Waals surface area contributed by atoms with Gasteiger partial charge in [0.2, 0.25) is 0 Å². The Hall–Kier alpha value is -0.860. The van der Waals surface area contributed by atoms with E-state index in [2.05, 4.69) is 0 Å². The number of carboxylic acids is 1. The molecule has 0 saturated heterocycles. The Bertz CT molecular complexity index is 711. The molecule has 5 atom stereocenters. The van der Waals surface area contributed by atoms with Crippen LogP contribution < -0.4 is 39.4 Å². The first-order valence-corrected chi connectivity index (χ1v) is 10.2. The van der Waals surface area contributed by atoms with E-state index in [1.165, 1.54) is 0 Å². The Morgan fingerprint density at radius 1 is 1.30 bits per heavy atom. The van der Waals surface area contributed by atoms with Crippen LogP contribution in [-0.2, 0) is 4.79 Å². The Morgan fingerprint density at radius 3 is 2.77 bits per heavy atom. The van der Waals surface area contributed by atoms with Gasteiger partial charge < -0.3 is 30.0 Å². The maximum absolute atomic E-state index is 10.4. The molecule has 0 aliphatic heterocycles. The van der Waals surface area contributed by atoms with Gasteiger partial charge in [-0.2, -0.15) is 0 Å². The molecule has 0 spiro atoms. The number of benzene rings is 1. The zero-order valence-corrected chi connectivity index (χ0v) is 19.9. The van der Waals surface area contributed by atoms with E-state index in [4.69, 9.17) is 16.3 Å². The van der Waals surface area contributed by atoms with E-state index < -0.39 is 24.3 Å². The molecule has 6 nitrogen and oxygen atoms in total. The third-order valence-electron chi connectivity index (χ3n) is 5.01. The molecule has 3 N–H and O–H groups in total. The summed E-state index contributed by atoms with van der Waals surface area (Å²) >= 11 is 5.89. The minimum absolute atomic E-state index is 0. The molecule has 0 amide bonds. The smallest absolute Gasteiger partial charge is 0.550 e. The van der Waals surface area contributed by atoms with Crippen LogP contribution in [0, 0.1) is 11.8 Å². The first-order chi connectivity index (χ1) is 13.9. The minimum atomic E-state index is -1.06. The van der Waals surface area contributed by atoms with Crippen LogP contribution in [0.5, 0.6) is 5.75 Å². The fraction of sp³-hybridized carbons (Fsp3) is 0.500. The monoisotopic (exact) mass is 446 g/mol. The molecule has 0 bridgehead atoms. The number of hydrogen-bond acceptors (Lipinski definition) is 6. The number of aliphatic hydroxyl groups is 3. The molecule has 0 radical (unpaired) electrons. The van der Waals surface area contributed by atoms with Gasteiger partial charge in [-0.1, -0.05) is 42.0 Å². The molecule has 1 aliphatic carbocycles. The second-order valence-corrected chi connectivity index (χ2v) is 7.74. The molecule has 1 unspecified atom stereocenters. The number of aliphatic hydroxyl groups excluding tert-OH is 3. The summed E-state index contributed by atoms with van der Waals surface area (Å²) in [5.41, 5.74) is 0. The summed E-state index contributed by atoms with van der Waals surface area (Å²) in [4.78, 5) is 10.4. The summed E-state index contributed by atoms with van der Waals surface area (Å²) in [7, 11) is 0. The summed E-state index contributed by atoms with van der Waals surface area (Å²) in [6.45, 7) is 0.0468. The van der Waals surface area contributed by atoms with Crippen LogP contribution >= 0.6 is 11.6 Å². The molecule has 8 heteroatoms. The van der Waals surface area contributed by atoms with Gasteiger partial charge in [0, 0.05) is 23.3 Å². The fourth-order valence-corrected chi connectivity index (χ4v) is 3.67. The molecule has 2 rings (SSSR count). The number of carbonyl (C=O) groups excluding carboxylic acids is 1.